The van der Waals surface area contributed by atoms with E-state index in [0.717, 1.165) is 33.0 Å². The van der Waals surface area contributed by atoms with Gasteiger partial charge < -0.3 is 9.88 Å². The number of aryl methyl sites for hydroxylation is 2. The molecule has 2 aromatic carbocycles. The number of anilines is 1. The van der Waals surface area contributed by atoms with Crippen molar-refractivity contribution in [2.75, 3.05) is 17.2 Å². The lowest BCUT2D eigenvalue weighted by molar-refractivity contribution is -0.116. The van der Waals surface area contributed by atoms with Gasteiger partial charge in [-0.2, -0.15) is 5.26 Å². The summed E-state index contributed by atoms with van der Waals surface area (Å²) in [7, 11) is 0. The van der Waals surface area contributed by atoms with Crippen LogP contribution in [0.15, 0.2) is 47.6 Å². The lowest BCUT2D eigenvalue weighted by Gasteiger charge is -2.22. The number of imidazole rings is 1. The molecule has 1 amide bonds. The summed E-state index contributed by atoms with van der Waals surface area (Å²) in [4.78, 5) is 22.2. The van der Waals surface area contributed by atoms with Gasteiger partial charge in [0.2, 0.25) is 5.91 Å². The molecule has 5 nitrogen and oxygen atoms in total. The highest BCUT2D eigenvalue weighted by atomic mass is 32.2. The minimum Gasteiger partial charge on any atom is -0.333 e. The minimum atomic E-state index is -0.0318. The van der Waals surface area contributed by atoms with Gasteiger partial charge in [0.15, 0.2) is 5.16 Å². The SMILES string of the molecule is Cc1cc(C)cc(N(CCC#N)C(=O)CSc2nc3ccccc3[nH]2)c1. The van der Waals surface area contributed by atoms with Crippen LogP contribution < -0.4 is 4.90 Å². The number of nitrogens with zero attached hydrogens (tertiary/aromatic N) is 3. The molecule has 0 saturated heterocycles. The van der Waals surface area contributed by atoms with E-state index in [2.05, 4.69) is 22.1 Å². The fraction of sp³-hybridized carbons (Fsp3) is 0.250. The molecule has 0 fully saturated rings. The zero-order valence-corrected chi connectivity index (χ0v) is 15.6. The van der Waals surface area contributed by atoms with E-state index in [1.54, 1.807) is 4.90 Å². The lowest BCUT2D eigenvalue weighted by Crippen LogP contribution is -2.33. The standard InChI is InChI=1S/C20H20N4OS/c1-14-10-15(2)12-16(11-14)24(9-5-8-21)19(25)13-26-20-22-17-6-3-4-7-18(17)23-20/h3-4,6-7,10-12H,5,9,13H2,1-2H3,(H,22,23). The molecule has 0 aliphatic heterocycles. The topological polar surface area (TPSA) is 72.8 Å². The Kier molecular flexibility index (Phi) is 5.59. The smallest absolute Gasteiger partial charge is 0.237 e. The molecule has 1 heterocycles. The molecule has 3 rings (SSSR count). The van der Waals surface area contributed by atoms with Crippen LogP contribution in [0.2, 0.25) is 0 Å². The van der Waals surface area contributed by atoms with Gasteiger partial charge in [-0.05, 0) is 49.2 Å². The quantitative estimate of drug-likeness (QED) is 0.665. The maximum atomic E-state index is 12.8. The van der Waals surface area contributed by atoms with Crippen LogP contribution in [0.25, 0.3) is 11.0 Å². The van der Waals surface area contributed by atoms with E-state index in [1.165, 1.54) is 11.8 Å². The second kappa shape index (κ2) is 8.07. The largest absolute Gasteiger partial charge is 0.333 e. The van der Waals surface area contributed by atoms with E-state index in [9.17, 15) is 4.79 Å². The number of rotatable bonds is 6. The maximum absolute atomic E-state index is 12.8. The number of H-pyrrole nitrogens is 1. The van der Waals surface area contributed by atoms with E-state index in [4.69, 9.17) is 5.26 Å². The van der Waals surface area contributed by atoms with Crippen molar-refractivity contribution in [1.29, 1.82) is 5.26 Å². The molecular formula is C20H20N4OS. The first kappa shape index (κ1) is 18.0. The Morgan fingerprint density at radius 3 is 2.65 bits per heavy atom. The molecule has 132 valence electrons. The van der Waals surface area contributed by atoms with Gasteiger partial charge in [0.05, 0.1) is 29.3 Å². The Labute approximate surface area is 157 Å². The predicted octanol–water partition coefficient (Wildman–Crippen LogP) is 4.22. The van der Waals surface area contributed by atoms with Crippen LogP contribution in [0.4, 0.5) is 5.69 Å². The summed E-state index contributed by atoms with van der Waals surface area (Å²) in [5.74, 6) is 0.230. The minimum absolute atomic E-state index is 0.0318. The summed E-state index contributed by atoms with van der Waals surface area (Å²) >= 11 is 1.38. The Balaban J connectivity index is 1.75. The van der Waals surface area contributed by atoms with Crippen molar-refractivity contribution in [2.45, 2.75) is 25.4 Å². The van der Waals surface area contributed by atoms with Gasteiger partial charge in [-0.25, -0.2) is 4.98 Å². The van der Waals surface area contributed by atoms with Crippen LogP contribution in [-0.4, -0.2) is 28.2 Å². The Morgan fingerprint density at radius 1 is 1.23 bits per heavy atom. The van der Waals surface area contributed by atoms with Crippen LogP contribution in [0, 0.1) is 25.2 Å². The average Bonchev–Trinajstić information content (AvgIpc) is 3.02. The number of thioether (sulfide) groups is 1. The lowest BCUT2D eigenvalue weighted by atomic mass is 10.1. The van der Waals surface area contributed by atoms with E-state index in [1.807, 2.05) is 50.2 Å². The maximum Gasteiger partial charge on any atom is 0.237 e. The predicted molar refractivity (Wildman–Crippen MR) is 105 cm³/mol. The number of fused-ring (bicyclic) bond motifs is 1. The molecule has 0 aliphatic rings. The highest BCUT2D eigenvalue weighted by molar-refractivity contribution is 7.99. The third-order valence-corrected chi connectivity index (χ3v) is 4.82. The zero-order valence-electron chi connectivity index (χ0n) is 14.8. The van der Waals surface area contributed by atoms with Crippen molar-refractivity contribution >= 4 is 34.4 Å². The summed E-state index contributed by atoms with van der Waals surface area (Å²) in [6.45, 7) is 4.40. The second-order valence-electron chi connectivity index (χ2n) is 6.15. The molecule has 26 heavy (non-hydrogen) atoms. The van der Waals surface area contributed by atoms with Crippen molar-refractivity contribution in [3.8, 4) is 6.07 Å². The van der Waals surface area contributed by atoms with Crippen molar-refractivity contribution in [3.05, 3.63) is 53.6 Å². The molecule has 0 aliphatic carbocycles. The number of amides is 1. The molecule has 0 unspecified atom stereocenters. The van der Waals surface area contributed by atoms with Gasteiger partial charge in [-0.15, -0.1) is 0 Å². The van der Waals surface area contributed by atoms with Crippen LogP contribution in [-0.2, 0) is 4.79 Å². The molecule has 1 N–H and O–H groups in total. The number of hydrogen-bond donors (Lipinski definition) is 1. The van der Waals surface area contributed by atoms with Gasteiger partial charge in [0.25, 0.3) is 0 Å². The van der Waals surface area contributed by atoms with Crippen molar-refractivity contribution in [1.82, 2.24) is 9.97 Å². The summed E-state index contributed by atoms with van der Waals surface area (Å²) in [6.07, 6.45) is 0.300. The number of aromatic nitrogens is 2. The van der Waals surface area contributed by atoms with Crippen LogP contribution >= 0.6 is 11.8 Å². The molecule has 0 saturated carbocycles. The number of benzene rings is 2. The number of aromatic amines is 1. The second-order valence-corrected chi connectivity index (χ2v) is 7.11. The summed E-state index contributed by atoms with van der Waals surface area (Å²) in [5, 5.41) is 9.66. The van der Waals surface area contributed by atoms with Gasteiger partial charge in [0.1, 0.15) is 0 Å². The van der Waals surface area contributed by atoms with Crippen LogP contribution in [0.3, 0.4) is 0 Å². The van der Waals surface area contributed by atoms with E-state index >= 15 is 0 Å². The number of carbonyl (C=O) groups excluding carboxylic acids is 1. The van der Waals surface area contributed by atoms with Crippen molar-refractivity contribution in [3.63, 3.8) is 0 Å². The molecule has 1 aromatic heterocycles. The number of nitriles is 1. The number of hydrogen-bond acceptors (Lipinski definition) is 4. The van der Waals surface area contributed by atoms with Gasteiger partial charge in [-0.3, -0.25) is 4.79 Å². The molecule has 3 aromatic rings. The molecule has 0 radical (unpaired) electrons. The molecule has 0 spiro atoms. The van der Waals surface area contributed by atoms with E-state index < -0.39 is 0 Å². The van der Waals surface area contributed by atoms with Gasteiger partial charge in [0, 0.05) is 12.2 Å². The highest BCUT2D eigenvalue weighted by Gasteiger charge is 2.17. The average molecular weight is 364 g/mol. The van der Waals surface area contributed by atoms with Gasteiger partial charge in [-0.1, -0.05) is 30.0 Å². The Bertz CT molecular complexity index is 920. The normalized spacial score (nSPS) is 10.7. The fourth-order valence-electron chi connectivity index (χ4n) is 2.87. The number of para-hydroxylation sites is 2. The van der Waals surface area contributed by atoms with Crippen molar-refractivity contribution in [2.24, 2.45) is 0 Å². The first-order chi connectivity index (χ1) is 12.6. The first-order valence-electron chi connectivity index (χ1n) is 8.40. The molecule has 0 atom stereocenters. The number of nitrogens with one attached hydrogen (secondary N) is 1. The molecular weight excluding hydrogens is 344 g/mol. The zero-order chi connectivity index (χ0) is 18.5. The summed E-state index contributed by atoms with van der Waals surface area (Å²) in [5.41, 5.74) is 4.88. The Hall–Kier alpha value is -2.78. The Morgan fingerprint density at radius 2 is 1.96 bits per heavy atom. The van der Waals surface area contributed by atoms with Crippen LogP contribution in [0.1, 0.15) is 17.5 Å². The third-order valence-electron chi connectivity index (χ3n) is 3.97. The summed E-state index contributed by atoms with van der Waals surface area (Å²) < 4.78 is 0. The fourth-order valence-corrected chi connectivity index (χ4v) is 3.63. The molecule has 6 heteroatoms. The van der Waals surface area contributed by atoms with E-state index in [-0.39, 0.29) is 11.7 Å². The first-order valence-corrected chi connectivity index (χ1v) is 9.38. The van der Waals surface area contributed by atoms with Crippen molar-refractivity contribution < 1.29 is 4.79 Å². The van der Waals surface area contributed by atoms with Gasteiger partial charge >= 0.3 is 0 Å². The highest BCUT2D eigenvalue weighted by Crippen LogP contribution is 2.23. The van der Waals surface area contributed by atoms with Crippen LogP contribution in [0.5, 0.6) is 0 Å². The third kappa shape index (κ3) is 4.24. The van der Waals surface area contributed by atoms with E-state index in [0.29, 0.717) is 13.0 Å². The number of carbonyl (C=O) groups is 1. The molecule has 0 bridgehead atoms. The monoisotopic (exact) mass is 364 g/mol. The summed E-state index contributed by atoms with van der Waals surface area (Å²) in [6, 6.07) is 15.9.